The molecule has 1 aromatic rings. The van der Waals surface area contributed by atoms with Gasteiger partial charge < -0.3 is 5.11 Å². The molecular weight excluding hydrogens is 234 g/mol. The molecule has 0 amide bonds. The van der Waals surface area contributed by atoms with Gasteiger partial charge in [-0.05, 0) is 42.4 Å². The molecule has 1 nitrogen and oxygen atoms in total. The summed E-state index contributed by atoms with van der Waals surface area (Å²) in [5.74, 6) is -0.998. The largest absolute Gasteiger partial charge is 0.389 e. The zero-order valence-electron chi connectivity index (χ0n) is 10.9. The van der Waals surface area contributed by atoms with Crippen LogP contribution < -0.4 is 0 Å². The van der Waals surface area contributed by atoms with Gasteiger partial charge in [0.1, 0.15) is 0 Å². The maximum atomic E-state index is 13.2. The third-order valence-electron chi connectivity index (χ3n) is 4.21. The first-order valence-corrected chi connectivity index (χ1v) is 6.57. The minimum absolute atomic E-state index is 0.196. The first-order chi connectivity index (χ1) is 8.40. The topological polar surface area (TPSA) is 20.2 Å². The molecule has 18 heavy (non-hydrogen) atoms. The quantitative estimate of drug-likeness (QED) is 0.853. The lowest BCUT2D eigenvalue weighted by atomic mass is 9.69. The molecule has 0 aromatic heterocycles. The molecule has 1 saturated carbocycles. The molecule has 0 aliphatic heterocycles. The van der Waals surface area contributed by atoms with Crippen LogP contribution in [0, 0.1) is 23.5 Å². The Morgan fingerprint density at radius 1 is 1.22 bits per heavy atom. The molecule has 0 bridgehead atoms. The first-order valence-electron chi connectivity index (χ1n) is 6.57. The Bertz CT molecular complexity index is 433. The summed E-state index contributed by atoms with van der Waals surface area (Å²) in [5.41, 5.74) is -0.126. The van der Waals surface area contributed by atoms with Gasteiger partial charge in [-0.15, -0.1) is 0 Å². The SMILES string of the molecule is CC1CCC(C)C(O)(Cc2ccc(F)c(F)c2)C1. The molecule has 100 valence electrons. The smallest absolute Gasteiger partial charge is 0.159 e. The van der Waals surface area contributed by atoms with Gasteiger partial charge in [0.15, 0.2) is 11.6 Å². The van der Waals surface area contributed by atoms with Crippen LogP contribution in [0.4, 0.5) is 8.78 Å². The average Bonchev–Trinajstić information content (AvgIpc) is 2.29. The number of halogens is 2. The van der Waals surface area contributed by atoms with E-state index in [0.29, 0.717) is 17.9 Å². The summed E-state index contributed by atoms with van der Waals surface area (Å²) >= 11 is 0. The van der Waals surface area contributed by atoms with E-state index in [1.54, 1.807) is 6.07 Å². The van der Waals surface area contributed by atoms with E-state index in [9.17, 15) is 13.9 Å². The van der Waals surface area contributed by atoms with Crippen LogP contribution in [0.25, 0.3) is 0 Å². The fraction of sp³-hybridized carbons (Fsp3) is 0.600. The van der Waals surface area contributed by atoms with Crippen LogP contribution in [0.2, 0.25) is 0 Å². The molecule has 1 aromatic carbocycles. The molecule has 3 unspecified atom stereocenters. The molecule has 0 heterocycles. The van der Waals surface area contributed by atoms with Crippen LogP contribution in [0.5, 0.6) is 0 Å². The molecule has 1 N–H and O–H groups in total. The lowest BCUT2D eigenvalue weighted by molar-refractivity contribution is -0.0560. The van der Waals surface area contributed by atoms with E-state index in [1.807, 2.05) is 6.92 Å². The van der Waals surface area contributed by atoms with Crippen molar-refractivity contribution in [2.24, 2.45) is 11.8 Å². The van der Waals surface area contributed by atoms with Gasteiger partial charge in [-0.25, -0.2) is 8.78 Å². The highest BCUT2D eigenvalue weighted by Gasteiger charge is 2.38. The molecule has 0 spiro atoms. The summed E-state index contributed by atoms with van der Waals surface area (Å²) in [6.07, 6.45) is 3.24. The van der Waals surface area contributed by atoms with Gasteiger partial charge in [-0.3, -0.25) is 0 Å². The molecule has 0 saturated heterocycles. The lowest BCUT2D eigenvalue weighted by Gasteiger charge is -2.41. The highest BCUT2D eigenvalue weighted by Crippen LogP contribution is 2.39. The van der Waals surface area contributed by atoms with Crippen LogP contribution in [0.15, 0.2) is 18.2 Å². The van der Waals surface area contributed by atoms with E-state index in [0.717, 1.165) is 25.3 Å². The van der Waals surface area contributed by atoms with E-state index in [2.05, 4.69) is 6.92 Å². The summed E-state index contributed by atoms with van der Waals surface area (Å²) in [5, 5.41) is 10.7. The van der Waals surface area contributed by atoms with Crippen molar-refractivity contribution in [3.8, 4) is 0 Å². The van der Waals surface area contributed by atoms with Crippen LogP contribution >= 0.6 is 0 Å². The van der Waals surface area contributed by atoms with Gasteiger partial charge in [-0.1, -0.05) is 26.3 Å². The maximum Gasteiger partial charge on any atom is 0.159 e. The number of benzene rings is 1. The fourth-order valence-electron chi connectivity index (χ4n) is 2.96. The molecule has 0 radical (unpaired) electrons. The van der Waals surface area contributed by atoms with E-state index >= 15 is 0 Å². The Morgan fingerprint density at radius 2 is 1.94 bits per heavy atom. The number of rotatable bonds is 2. The normalized spacial score (nSPS) is 32.5. The summed E-state index contributed by atoms with van der Waals surface area (Å²) in [6, 6.07) is 3.88. The van der Waals surface area contributed by atoms with Crippen molar-refractivity contribution in [1.29, 1.82) is 0 Å². The second-order valence-corrected chi connectivity index (χ2v) is 5.82. The average molecular weight is 254 g/mol. The maximum absolute atomic E-state index is 13.2. The van der Waals surface area contributed by atoms with Crippen molar-refractivity contribution >= 4 is 0 Å². The number of hydrogen-bond donors (Lipinski definition) is 1. The van der Waals surface area contributed by atoms with Crippen molar-refractivity contribution in [2.45, 2.75) is 45.1 Å². The van der Waals surface area contributed by atoms with Crippen molar-refractivity contribution in [1.82, 2.24) is 0 Å². The molecule has 3 heteroatoms. The van der Waals surface area contributed by atoms with Crippen LogP contribution in [0.3, 0.4) is 0 Å². The van der Waals surface area contributed by atoms with Gasteiger partial charge in [0.05, 0.1) is 5.60 Å². The summed E-state index contributed by atoms with van der Waals surface area (Å²) in [7, 11) is 0. The van der Waals surface area contributed by atoms with E-state index in [4.69, 9.17) is 0 Å². The standard InChI is InChI=1S/C15H20F2O/c1-10-3-4-11(2)15(18,8-10)9-12-5-6-13(16)14(17)7-12/h5-7,10-11,18H,3-4,8-9H2,1-2H3. The zero-order chi connectivity index (χ0) is 13.3. The fourth-order valence-corrected chi connectivity index (χ4v) is 2.96. The van der Waals surface area contributed by atoms with Crippen LogP contribution in [-0.2, 0) is 6.42 Å². The number of hydrogen-bond acceptors (Lipinski definition) is 1. The van der Waals surface area contributed by atoms with Crippen molar-refractivity contribution in [3.05, 3.63) is 35.4 Å². The van der Waals surface area contributed by atoms with Gasteiger partial charge in [0.25, 0.3) is 0 Å². The monoisotopic (exact) mass is 254 g/mol. The van der Waals surface area contributed by atoms with Gasteiger partial charge >= 0.3 is 0 Å². The third kappa shape index (κ3) is 2.72. The summed E-state index contributed by atoms with van der Waals surface area (Å²) in [6.45, 7) is 4.16. The minimum Gasteiger partial charge on any atom is -0.389 e. The third-order valence-corrected chi connectivity index (χ3v) is 4.21. The second kappa shape index (κ2) is 4.96. The highest BCUT2D eigenvalue weighted by molar-refractivity contribution is 5.20. The predicted molar refractivity (Wildman–Crippen MR) is 67.2 cm³/mol. The predicted octanol–water partition coefficient (Wildman–Crippen LogP) is 3.69. The van der Waals surface area contributed by atoms with Crippen molar-refractivity contribution < 1.29 is 13.9 Å². The molecule has 2 rings (SSSR count). The Morgan fingerprint density at radius 3 is 2.61 bits per heavy atom. The van der Waals surface area contributed by atoms with Crippen molar-refractivity contribution in [3.63, 3.8) is 0 Å². The number of aliphatic hydroxyl groups is 1. The molecule has 1 fully saturated rings. The first kappa shape index (κ1) is 13.5. The van der Waals surface area contributed by atoms with E-state index in [-0.39, 0.29) is 5.92 Å². The molecular formula is C15H20F2O. The summed E-state index contributed by atoms with van der Waals surface area (Å²) < 4.78 is 26.0. The Hall–Kier alpha value is -0.960. The minimum atomic E-state index is -0.840. The molecule has 3 atom stereocenters. The Labute approximate surface area is 107 Å². The van der Waals surface area contributed by atoms with Crippen LogP contribution in [-0.4, -0.2) is 10.7 Å². The Kier molecular flexibility index (Phi) is 3.71. The zero-order valence-corrected chi connectivity index (χ0v) is 10.9. The van der Waals surface area contributed by atoms with E-state index in [1.165, 1.54) is 6.07 Å². The lowest BCUT2D eigenvalue weighted by Crippen LogP contribution is -2.43. The second-order valence-electron chi connectivity index (χ2n) is 5.82. The Balaban J connectivity index is 2.17. The van der Waals surface area contributed by atoms with Crippen LogP contribution in [0.1, 0.15) is 38.7 Å². The molecule has 1 aliphatic rings. The van der Waals surface area contributed by atoms with Gasteiger partial charge in [0, 0.05) is 6.42 Å². The van der Waals surface area contributed by atoms with Crippen molar-refractivity contribution in [2.75, 3.05) is 0 Å². The molecule has 1 aliphatic carbocycles. The van der Waals surface area contributed by atoms with E-state index < -0.39 is 17.2 Å². The van der Waals surface area contributed by atoms with Gasteiger partial charge in [-0.2, -0.15) is 0 Å². The van der Waals surface area contributed by atoms with Gasteiger partial charge in [0.2, 0.25) is 0 Å². The summed E-state index contributed by atoms with van der Waals surface area (Å²) in [4.78, 5) is 0. The highest BCUT2D eigenvalue weighted by atomic mass is 19.2.